The lowest BCUT2D eigenvalue weighted by atomic mass is 10.0. The van der Waals surface area contributed by atoms with Gasteiger partial charge in [0.25, 0.3) is 5.91 Å². The number of pyridine rings is 1. The molecule has 0 saturated heterocycles. The van der Waals surface area contributed by atoms with Gasteiger partial charge in [0.05, 0.1) is 11.1 Å². The number of aryl methyl sites for hydroxylation is 1. The highest BCUT2D eigenvalue weighted by molar-refractivity contribution is 6.05. The van der Waals surface area contributed by atoms with Crippen molar-refractivity contribution in [2.24, 2.45) is 0 Å². The van der Waals surface area contributed by atoms with Crippen LogP contribution < -0.4 is 5.32 Å². The summed E-state index contributed by atoms with van der Waals surface area (Å²) in [5.74, 6) is -1.25. The van der Waals surface area contributed by atoms with E-state index in [1.54, 1.807) is 19.1 Å². The lowest BCUT2D eigenvalue weighted by Gasteiger charge is -2.16. The van der Waals surface area contributed by atoms with E-state index in [1.165, 1.54) is 12.1 Å². The summed E-state index contributed by atoms with van der Waals surface area (Å²) in [5.41, 5.74) is 3.89. The normalized spacial score (nSPS) is 13.7. The number of benzene rings is 2. The number of hydrogen-bond acceptors (Lipinski definition) is 4. The number of esters is 1. The fourth-order valence-corrected chi connectivity index (χ4v) is 3.65. The van der Waals surface area contributed by atoms with Gasteiger partial charge in [-0.25, -0.2) is 9.18 Å². The highest BCUT2D eigenvalue weighted by Gasteiger charge is 2.27. The number of aromatic nitrogens is 1. The van der Waals surface area contributed by atoms with E-state index >= 15 is 0 Å². The Bertz CT molecular complexity index is 1080. The van der Waals surface area contributed by atoms with Crippen molar-refractivity contribution >= 4 is 22.8 Å². The lowest BCUT2D eigenvalue weighted by molar-refractivity contribution is -0.129. The van der Waals surface area contributed by atoms with Gasteiger partial charge in [0.1, 0.15) is 5.82 Å². The monoisotopic (exact) mass is 392 g/mol. The molecule has 4 rings (SSSR count). The zero-order chi connectivity index (χ0) is 20.4. The maximum atomic E-state index is 13.0. The maximum absolute atomic E-state index is 13.0. The molecule has 1 heterocycles. The molecular formula is C23H21FN2O3. The van der Waals surface area contributed by atoms with Crippen LogP contribution in [0.3, 0.4) is 0 Å². The van der Waals surface area contributed by atoms with E-state index in [-0.39, 0.29) is 12.4 Å². The molecule has 0 unspecified atom stereocenters. The molecule has 6 heteroatoms. The maximum Gasteiger partial charge on any atom is 0.339 e. The molecule has 0 spiro atoms. The molecule has 0 saturated carbocycles. The Balaban J connectivity index is 1.49. The van der Waals surface area contributed by atoms with Crippen LogP contribution in [0.1, 0.15) is 40.5 Å². The Labute approximate surface area is 167 Å². The van der Waals surface area contributed by atoms with Crippen molar-refractivity contribution in [2.45, 2.75) is 38.8 Å². The van der Waals surface area contributed by atoms with Crippen LogP contribution in [0.15, 0.2) is 48.5 Å². The van der Waals surface area contributed by atoms with Crippen molar-refractivity contribution in [3.05, 3.63) is 76.7 Å². The number of carbonyl (C=O) groups excluding carboxylic acids is 2. The zero-order valence-corrected chi connectivity index (χ0v) is 16.1. The molecule has 5 nitrogen and oxygen atoms in total. The first-order valence-corrected chi connectivity index (χ1v) is 9.66. The number of hydrogen-bond donors (Lipinski definition) is 1. The van der Waals surface area contributed by atoms with E-state index < -0.39 is 18.0 Å². The number of fused-ring (bicyclic) bond motifs is 2. The minimum absolute atomic E-state index is 0.231. The van der Waals surface area contributed by atoms with E-state index in [0.29, 0.717) is 5.56 Å². The van der Waals surface area contributed by atoms with Crippen molar-refractivity contribution < 1.29 is 18.7 Å². The number of amides is 1. The van der Waals surface area contributed by atoms with Gasteiger partial charge in [0, 0.05) is 17.6 Å². The molecule has 0 fully saturated rings. The third-order valence-electron chi connectivity index (χ3n) is 5.16. The molecule has 0 radical (unpaired) electrons. The number of carbonyl (C=O) groups is 2. The van der Waals surface area contributed by atoms with Crippen LogP contribution in [0, 0.1) is 5.82 Å². The van der Waals surface area contributed by atoms with Gasteiger partial charge in [-0.2, -0.15) is 0 Å². The molecule has 148 valence electrons. The zero-order valence-electron chi connectivity index (χ0n) is 16.1. The molecule has 2 aromatic carbocycles. The minimum Gasteiger partial charge on any atom is -0.449 e. The molecule has 1 aliphatic rings. The van der Waals surface area contributed by atoms with Crippen LogP contribution in [-0.4, -0.2) is 23.0 Å². The summed E-state index contributed by atoms with van der Waals surface area (Å²) in [5, 5.41) is 3.46. The van der Waals surface area contributed by atoms with Gasteiger partial charge in [0.2, 0.25) is 0 Å². The summed E-state index contributed by atoms with van der Waals surface area (Å²) in [6.07, 6.45) is 1.62. The van der Waals surface area contributed by atoms with E-state index in [4.69, 9.17) is 4.74 Å². The van der Waals surface area contributed by atoms with Gasteiger partial charge in [-0.1, -0.05) is 30.3 Å². The van der Waals surface area contributed by atoms with Gasteiger partial charge in [-0.3, -0.25) is 9.78 Å². The number of nitrogens with one attached hydrogen (secondary N) is 1. The topological polar surface area (TPSA) is 68.3 Å². The SMILES string of the molecule is C[C@H](OC(=O)c1c2c(nc3ccccc13)CCC2)C(=O)NCc1ccc(F)cc1. The van der Waals surface area contributed by atoms with Gasteiger partial charge in [0.15, 0.2) is 6.10 Å². The summed E-state index contributed by atoms with van der Waals surface area (Å²) in [6.45, 7) is 1.77. The summed E-state index contributed by atoms with van der Waals surface area (Å²) >= 11 is 0. The lowest BCUT2D eigenvalue weighted by Crippen LogP contribution is -2.35. The predicted molar refractivity (Wildman–Crippen MR) is 107 cm³/mol. The molecule has 29 heavy (non-hydrogen) atoms. The summed E-state index contributed by atoms with van der Waals surface area (Å²) in [7, 11) is 0. The van der Waals surface area contributed by atoms with Crippen LogP contribution >= 0.6 is 0 Å². The molecule has 1 aromatic heterocycles. The molecule has 1 aliphatic carbocycles. The van der Waals surface area contributed by atoms with Gasteiger partial charge < -0.3 is 10.1 Å². The molecule has 3 aromatic rings. The van der Waals surface area contributed by atoms with Crippen LogP contribution in [0.4, 0.5) is 4.39 Å². The molecular weight excluding hydrogens is 371 g/mol. The third kappa shape index (κ3) is 3.97. The molecule has 1 N–H and O–H groups in total. The first kappa shape index (κ1) is 19.1. The fraction of sp³-hybridized carbons (Fsp3) is 0.261. The van der Waals surface area contributed by atoms with E-state index in [0.717, 1.165) is 47.0 Å². The Kier molecular flexibility index (Phi) is 5.25. The number of para-hydroxylation sites is 1. The standard InChI is InChI=1S/C23H21FN2O3/c1-14(22(27)25-13-15-9-11-16(24)12-10-15)29-23(28)21-17-5-2-3-7-19(17)26-20-8-4-6-18(20)21/h2-3,5,7,9-12,14H,4,6,8,13H2,1H3,(H,25,27)/t14-/m0/s1. The summed E-state index contributed by atoms with van der Waals surface area (Å²) < 4.78 is 18.5. The van der Waals surface area contributed by atoms with Crippen molar-refractivity contribution in [2.75, 3.05) is 0 Å². The first-order chi connectivity index (χ1) is 14.0. The van der Waals surface area contributed by atoms with Crippen molar-refractivity contribution in [1.29, 1.82) is 0 Å². The van der Waals surface area contributed by atoms with Crippen LogP contribution in [0.2, 0.25) is 0 Å². The number of nitrogens with zero attached hydrogens (tertiary/aromatic N) is 1. The van der Waals surface area contributed by atoms with E-state index in [9.17, 15) is 14.0 Å². The molecule has 1 atom stereocenters. The second-order valence-corrected chi connectivity index (χ2v) is 7.17. The Morgan fingerprint density at radius 2 is 1.90 bits per heavy atom. The van der Waals surface area contributed by atoms with E-state index in [1.807, 2.05) is 24.3 Å². The highest BCUT2D eigenvalue weighted by atomic mass is 19.1. The minimum atomic E-state index is -0.952. The molecule has 0 bridgehead atoms. The van der Waals surface area contributed by atoms with Crippen molar-refractivity contribution in [3.8, 4) is 0 Å². The predicted octanol–water partition coefficient (Wildman–Crippen LogP) is 3.72. The molecule has 1 amide bonds. The highest BCUT2D eigenvalue weighted by Crippen LogP contribution is 2.30. The van der Waals surface area contributed by atoms with Gasteiger partial charge >= 0.3 is 5.97 Å². The first-order valence-electron chi connectivity index (χ1n) is 9.66. The second-order valence-electron chi connectivity index (χ2n) is 7.17. The van der Waals surface area contributed by atoms with Crippen molar-refractivity contribution in [3.63, 3.8) is 0 Å². The van der Waals surface area contributed by atoms with Gasteiger partial charge in [-0.05, 0) is 55.5 Å². The smallest absolute Gasteiger partial charge is 0.339 e. The average Bonchev–Trinajstić information content (AvgIpc) is 3.19. The Morgan fingerprint density at radius 1 is 1.14 bits per heavy atom. The van der Waals surface area contributed by atoms with Crippen LogP contribution in [0.25, 0.3) is 10.9 Å². The van der Waals surface area contributed by atoms with Crippen LogP contribution in [-0.2, 0) is 28.9 Å². The van der Waals surface area contributed by atoms with Gasteiger partial charge in [-0.15, -0.1) is 0 Å². The Hall–Kier alpha value is -3.28. The average molecular weight is 392 g/mol. The summed E-state index contributed by atoms with van der Waals surface area (Å²) in [4.78, 5) is 30.0. The Morgan fingerprint density at radius 3 is 2.69 bits per heavy atom. The quantitative estimate of drug-likeness (QED) is 0.672. The number of ether oxygens (including phenoxy) is 1. The number of rotatable bonds is 5. The number of halogens is 1. The fourth-order valence-electron chi connectivity index (χ4n) is 3.65. The molecule has 0 aliphatic heterocycles. The third-order valence-corrected chi connectivity index (χ3v) is 5.16. The second kappa shape index (κ2) is 7.99. The van der Waals surface area contributed by atoms with Crippen LogP contribution in [0.5, 0.6) is 0 Å². The summed E-state index contributed by atoms with van der Waals surface area (Å²) in [6, 6.07) is 13.3. The van der Waals surface area contributed by atoms with Crippen molar-refractivity contribution in [1.82, 2.24) is 10.3 Å². The van der Waals surface area contributed by atoms with E-state index in [2.05, 4.69) is 10.3 Å². The largest absolute Gasteiger partial charge is 0.449 e.